The summed E-state index contributed by atoms with van der Waals surface area (Å²) >= 11 is 0. The first-order valence-corrected chi connectivity index (χ1v) is 10.8. The van der Waals surface area contributed by atoms with E-state index in [2.05, 4.69) is 15.0 Å². The van der Waals surface area contributed by atoms with Gasteiger partial charge in [-0.25, -0.2) is 9.67 Å². The molecule has 1 fully saturated rings. The Bertz CT molecular complexity index is 1320. The Labute approximate surface area is 190 Å². The molecule has 5 rings (SSSR count). The van der Waals surface area contributed by atoms with Crippen LogP contribution in [0.3, 0.4) is 0 Å². The summed E-state index contributed by atoms with van der Waals surface area (Å²) in [5.74, 6) is 0.723. The molecular formula is C24H24N6O3. The van der Waals surface area contributed by atoms with Crippen molar-refractivity contribution in [2.45, 2.75) is 6.54 Å². The predicted octanol–water partition coefficient (Wildman–Crippen LogP) is 1.94. The van der Waals surface area contributed by atoms with Gasteiger partial charge < -0.3 is 14.5 Å². The second-order valence-electron chi connectivity index (χ2n) is 7.87. The maximum atomic E-state index is 13.0. The normalized spacial score (nSPS) is 14.0. The first-order chi connectivity index (χ1) is 16.1. The molecule has 0 N–H and O–H groups in total. The Morgan fingerprint density at radius 1 is 0.970 bits per heavy atom. The molecule has 0 aliphatic carbocycles. The zero-order valence-corrected chi connectivity index (χ0v) is 18.3. The van der Waals surface area contributed by atoms with E-state index in [4.69, 9.17) is 4.74 Å². The van der Waals surface area contributed by atoms with Crippen molar-refractivity contribution in [3.63, 3.8) is 0 Å². The molecule has 168 valence electrons. The van der Waals surface area contributed by atoms with Gasteiger partial charge in [0.2, 0.25) is 5.91 Å². The molecule has 33 heavy (non-hydrogen) atoms. The van der Waals surface area contributed by atoms with Crippen molar-refractivity contribution >= 4 is 22.6 Å². The number of hydrogen-bond donors (Lipinski definition) is 0. The molecule has 0 radical (unpaired) electrons. The monoisotopic (exact) mass is 444 g/mol. The predicted molar refractivity (Wildman–Crippen MR) is 125 cm³/mol. The van der Waals surface area contributed by atoms with Crippen LogP contribution in [0, 0.1) is 0 Å². The maximum absolute atomic E-state index is 13.0. The van der Waals surface area contributed by atoms with Crippen LogP contribution in [0.25, 0.3) is 16.7 Å². The highest BCUT2D eigenvalue weighted by atomic mass is 16.5. The minimum atomic E-state index is -0.271. The highest BCUT2D eigenvalue weighted by Crippen LogP contribution is 2.20. The van der Waals surface area contributed by atoms with Gasteiger partial charge in [-0.1, -0.05) is 18.2 Å². The summed E-state index contributed by atoms with van der Waals surface area (Å²) in [5, 5.41) is 4.70. The van der Waals surface area contributed by atoms with Crippen LogP contribution in [0.15, 0.2) is 71.9 Å². The third-order valence-corrected chi connectivity index (χ3v) is 5.93. The Morgan fingerprint density at radius 3 is 2.39 bits per heavy atom. The molecule has 2 aromatic carbocycles. The lowest BCUT2D eigenvalue weighted by molar-refractivity contribution is -0.132. The van der Waals surface area contributed by atoms with Crippen molar-refractivity contribution in [3.8, 4) is 11.4 Å². The van der Waals surface area contributed by atoms with E-state index in [1.54, 1.807) is 16.7 Å². The van der Waals surface area contributed by atoms with Gasteiger partial charge in [-0.2, -0.15) is 5.10 Å². The Hall–Kier alpha value is -4.14. The van der Waals surface area contributed by atoms with Gasteiger partial charge >= 0.3 is 0 Å². The fraction of sp³-hybridized carbons (Fsp3) is 0.250. The van der Waals surface area contributed by atoms with Crippen molar-refractivity contribution in [2.75, 3.05) is 38.2 Å². The summed E-state index contributed by atoms with van der Waals surface area (Å²) in [6.07, 6.45) is 2.93. The fourth-order valence-electron chi connectivity index (χ4n) is 4.07. The highest BCUT2D eigenvalue weighted by molar-refractivity contribution is 5.78. The Balaban J connectivity index is 1.27. The fourth-order valence-corrected chi connectivity index (χ4v) is 4.07. The molecule has 1 amide bonds. The number of benzene rings is 2. The minimum absolute atomic E-state index is 0.0408. The van der Waals surface area contributed by atoms with Crippen molar-refractivity contribution in [1.29, 1.82) is 0 Å². The van der Waals surface area contributed by atoms with Crippen LogP contribution in [0.2, 0.25) is 0 Å². The van der Waals surface area contributed by atoms with Crippen LogP contribution in [0.4, 0.5) is 5.69 Å². The Morgan fingerprint density at radius 2 is 1.70 bits per heavy atom. The lowest BCUT2D eigenvalue weighted by Crippen LogP contribution is -2.50. The molecule has 0 bridgehead atoms. The second kappa shape index (κ2) is 8.78. The number of carbonyl (C=O) groups excluding carboxylic acids is 1. The van der Waals surface area contributed by atoms with E-state index in [9.17, 15) is 9.59 Å². The van der Waals surface area contributed by atoms with Crippen LogP contribution < -0.4 is 15.2 Å². The lowest BCUT2D eigenvalue weighted by atomic mass is 10.2. The van der Waals surface area contributed by atoms with Crippen molar-refractivity contribution < 1.29 is 9.53 Å². The molecule has 4 aromatic rings. The molecule has 9 heteroatoms. The van der Waals surface area contributed by atoms with E-state index >= 15 is 0 Å². The number of fused-ring (bicyclic) bond motifs is 1. The lowest BCUT2D eigenvalue weighted by Gasteiger charge is -2.36. The third-order valence-electron chi connectivity index (χ3n) is 5.93. The summed E-state index contributed by atoms with van der Waals surface area (Å²) in [6.45, 7) is 2.62. The van der Waals surface area contributed by atoms with Crippen molar-refractivity contribution in [2.24, 2.45) is 0 Å². The third kappa shape index (κ3) is 4.05. The number of anilines is 1. The molecule has 9 nitrogen and oxygen atoms in total. The number of carbonyl (C=O) groups is 1. The van der Waals surface area contributed by atoms with Crippen LogP contribution in [-0.2, 0) is 11.3 Å². The van der Waals surface area contributed by atoms with E-state index in [1.807, 2.05) is 54.6 Å². The summed E-state index contributed by atoms with van der Waals surface area (Å²) in [5.41, 5.74) is 2.13. The van der Waals surface area contributed by atoms with Crippen LogP contribution in [0.1, 0.15) is 0 Å². The molecular weight excluding hydrogens is 420 g/mol. The molecule has 1 aliphatic heterocycles. The number of para-hydroxylation sites is 1. The number of piperazine rings is 1. The van der Waals surface area contributed by atoms with Gasteiger partial charge in [0.1, 0.15) is 24.0 Å². The number of ether oxygens (including phenoxy) is 1. The van der Waals surface area contributed by atoms with Gasteiger partial charge in [-0.3, -0.25) is 14.2 Å². The molecule has 1 aliphatic rings. The molecule has 2 aromatic heterocycles. The Kier molecular flexibility index (Phi) is 5.52. The number of methoxy groups -OCH3 is 1. The molecule has 0 spiro atoms. The number of hydrogen-bond acceptors (Lipinski definition) is 6. The van der Waals surface area contributed by atoms with Gasteiger partial charge in [-0.05, 0) is 36.4 Å². The van der Waals surface area contributed by atoms with Gasteiger partial charge in [0, 0.05) is 31.9 Å². The van der Waals surface area contributed by atoms with E-state index in [0.29, 0.717) is 24.1 Å². The zero-order chi connectivity index (χ0) is 22.8. The van der Waals surface area contributed by atoms with Crippen molar-refractivity contribution in [3.05, 3.63) is 77.5 Å². The SMILES string of the molecule is COc1ccc(N2CCN(C(=O)Cn3cnc4c(cnn4-c4ccccc4)c3=O)CC2)cc1. The largest absolute Gasteiger partial charge is 0.497 e. The number of amides is 1. The van der Waals surface area contributed by atoms with Gasteiger partial charge in [-0.15, -0.1) is 0 Å². The van der Waals surface area contributed by atoms with E-state index in [0.717, 1.165) is 30.2 Å². The topological polar surface area (TPSA) is 85.5 Å². The average molecular weight is 444 g/mol. The first-order valence-electron chi connectivity index (χ1n) is 10.8. The summed E-state index contributed by atoms with van der Waals surface area (Å²) in [7, 11) is 1.65. The quantitative estimate of drug-likeness (QED) is 0.468. The van der Waals surface area contributed by atoms with E-state index < -0.39 is 0 Å². The highest BCUT2D eigenvalue weighted by Gasteiger charge is 2.22. The van der Waals surface area contributed by atoms with E-state index in [1.165, 1.54) is 17.1 Å². The van der Waals surface area contributed by atoms with E-state index in [-0.39, 0.29) is 18.0 Å². The summed E-state index contributed by atoms with van der Waals surface area (Å²) < 4.78 is 8.20. The molecule has 3 heterocycles. The summed E-state index contributed by atoms with van der Waals surface area (Å²) in [4.78, 5) is 34.3. The van der Waals surface area contributed by atoms with Crippen molar-refractivity contribution in [1.82, 2.24) is 24.2 Å². The smallest absolute Gasteiger partial charge is 0.264 e. The van der Waals surface area contributed by atoms with Crippen LogP contribution >= 0.6 is 0 Å². The standard InChI is InChI=1S/C24H24N6O3/c1-33-20-9-7-18(8-10-20)27-11-13-28(14-12-27)22(31)16-29-17-25-23-21(24(29)32)15-26-30(23)19-5-3-2-4-6-19/h2-10,15,17H,11-14,16H2,1H3. The van der Waals surface area contributed by atoms with Crippen LogP contribution in [-0.4, -0.2) is 63.4 Å². The minimum Gasteiger partial charge on any atom is -0.497 e. The second-order valence-corrected chi connectivity index (χ2v) is 7.87. The number of nitrogens with zero attached hydrogens (tertiary/aromatic N) is 6. The number of rotatable bonds is 5. The summed E-state index contributed by atoms with van der Waals surface area (Å²) in [6, 6.07) is 17.4. The molecule has 1 saturated heterocycles. The van der Waals surface area contributed by atoms with Crippen LogP contribution in [0.5, 0.6) is 5.75 Å². The number of aromatic nitrogens is 4. The van der Waals surface area contributed by atoms with Gasteiger partial charge in [0.05, 0.1) is 19.0 Å². The maximum Gasteiger partial charge on any atom is 0.264 e. The molecule has 0 atom stereocenters. The molecule has 0 unspecified atom stereocenters. The van der Waals surface area contributed by atoms with Gasteiger partial charge in [0.15, 0.2) is 5.65 Å². The molecule has 0 saturated carbocycles. The first kappa shape index (κ1) is 20.7. The average Bonchev–Trinajstić information content (AvgIpc) is 3.31. The van der Waals surface area contributed by atoms with Gasteiger partial charge in [0.25, 0.3) is 5.56 Å². The zero-order valence-electron chi connectivity index (χ0n) is 18.3.